The number of hydrogen-bond acceptors (Lipinski definition) is 4. The van der Waals surface area contributed by atoms with Crippen LogP contribution in [-0.2, 0) is 4.74 Å². The number of nitrogens with zero attached hydrogens (tertiary/aromatic N) is 2. The van der Waals surface area contributed by atoms with Crippen LogP contribution in [0, 0.1) is 6.92 Å². The molecule has 0 bridgehead atoms. The van der Waals surface area contributed by atoms with Crippen LogP contribution in [0.15, 0.2) is 18.0 Å². The summed E-state index contributed by atoms with van der Waals surface area (Å²) in [5.74, 6) is 0. The Morgan fingerprint density at radius 1 is 1.41 bits per heavy atom. The second-order valence-electron chi connectivity index (χ2n) is 4.28. The highest BCUT2D eigenvalue weighted by atomic mass is 16.5. The zero-order valence-electron chi connectivity index (χ0n) is 10.7. The molecule has 4 heteroatoms. The topological polar surface area (TPSA) is 47.0 Å². The van der Waals surface area contributed by atoms with Crippen molar-refractivity contribution in [2.75, 3.05) is 7.11 Å². The van der Waals surface area contributed by atoms with Crippen molar-refractivity contribution in [3.05, 3.63) is 29.4 Å². The third kappa shape index (κ3) is 2.64. The van der Waals surface area contributed by atoms with Crippen molar-refractivity contribution >= 4 is 5.70 Å². The molecule has 2 rings (SSSR count). The second-order valence-corrected chi connectivity index (χ2v) is 4.28. The number of rotatable bonds is 3. The van der Waals surface area contributed by atoms with Gasteiger partial charge >= 0.3 is 0 Å². The van der Waals surface area contributed by atoms with Crippen molar-refractivity contribution in [2.24, 2.45) is 0 Å². The Hall–Kier alpha value is -1.42. The van der Waals surface area contributed by atoms with Crippen LogP contribution < -0.4 is 5.32 Å². The van der Waals surface area contributed by atoms with E-state index in [2.05, 4.69) is 22.2 Å². The number of ether oxygens (including phenoxy) is 1. The summed E-state index contributed by atoms with van der Waals surface area (Å²) in [6.07, 6.45) is 6.83. The molecule has 0 saturated carbocycles. The molecule has 0 aromatic carbocycles. The van der Waals surface area contributed by atoms with E-state index in [4.69, 9.17) is 4.74 Å². The van der Waals surface area contributed by atoms with Gasteiger partial charge in [0.25, 0.3) is 0 Å². The maximum Gasteiger partial charge on any atom is 0.127 e. The molecule has 1 unspecified atom stereocenters. The molecule has 1 aliphatic rings. The Bertz CT molecular complexity index is 411. The fraction of sp³-hybridized carbons (Fsp3) is 0.538. The van der Waals surface area contributed by atoms with Crippen molar-refractivity contribution in [2.45, 2.75) is 39.3 Å². The maximum atomic E-state index is 5.37. The van der Waals surface area contributed by atoms with Gasteiger partial charge in [0, 0.05) is 13.3 Å². The SMILES string of the molecule is CCC1=C(c2cnc(C)cn2)NC(OC)CC1. The first-order valence-corrected chi connectivity index (χ1v) is 6.05. The number of methoxy groups -OCH3 is 1. The fourth-order valence-electron chi connectivity index (χ4n) is 2.07. The van der Waals surface area contributed by atoms with E-state index in [-0.39, 0.29) is 6.23 Å². The predicted molar refractivity (Wildman–Crippen MR) is 67.1 cm³/mol. The first-order valence-electron chi connectivity index (χ1n) is 6.05. The van der Waals surface area contributed by atoms with Crippen LogP contribution in [0.5, 0.6) is 0 Å². The zero-order valence-corrected chi connectivity index (χ0v) is 10.7. The number of aromatic nitrogens is 2. The molecule has 0 aliphatic carbocycles. The van der Waals surface area contributed by atoms with Crippen molar-refractivity contribution in [3.63, 3.8) is 0 Å². The molecule has 1 aliphatic heterocycles. The number of allylic oxidation sites excluding steroid dienone is 1. The van der Waals surface area contributed by atoms with Gasteiger partial charge in [-0.3, -0.25) is 9.97 Å². The minimum absolute atomic E-state index is 0.0865. The van der Waals surface area contributed by atoms with E-state index in [1.165, 1.54) is 5.57 Å². The lowest BCUT2D eigenvalue weighted by Crippen LogP contribution is -2.34. The molecule has 1 aromatic rings. The normalized spacial score (nSPS) is 20.3. The molecule has 1 N–H and O–H groups in total. The van der Waals surface area contributed by atoms with Crippen molar-refractivity contribution < 1.29 is 4.74 Å². The lowest BCUT2D eigenvalue weighted by atomic mass is 9.99. The molecule has 4 nitrogen and oxygen atoms in total. The van der Waals surface area contributed by atoms with E-state index in [9.17, 15) is 0 Å². The van der Waals surface area contributed by atoms with E-state index in [1.54, 1.807) is 13.3 Å². The highest BCUT2D eigenvalue weighted by Crippen LogP contribution is 2.26. The van der Waals surface area contributed by atoms with Gasteiger partial charge in [0.2, 0.25) is 0 Å². The predicted octanol–water partition coefficient (Wildman–Crippen LogP) is 2.26. The van der Waals surface area contributed by atoms with Crippen molar-refractivity contribution in [3.8, 4) is 0 Å². The summed E-state index contributed by atoms with van der Waals surface area (Å²) in [5.41, 5.74) is 4.34. The summed E-state index contributed by atoms with van der Waals surface area (Å²) < 4.78 is 5.37. The fourth-order valence-corrected chi connectivity index (χ4v) is 2.07. The van der Waals surface area contributed by atoms with E-state index in [1.807, 2.05) is 13.1 Å². The van der Waals surface area contributed by atoms with E-state index in [0.717, 1.165) is 36.3 Å². The smallest absolute Gasteiger partial charge is 0.127 e. The Balaban J connectivity index is 2.31. The molecule has 0 fully saturated rings. The summed E-state index contributed by atoms with van der Waals surface area (Å²) in [7, 11) is 1.73. The highest BCUT2D eigenvalue weighted by molar-refractivity contribution is 5.64. The largest absolute Gasteiger partial charge is 0.362 e. The average Bonchev–Trinajstić information content (AvgIpc) is 2.39. The molecule has 0 spiro atoms. The van der Waals surface area contributed by atoms with Crippen LogP contribution in [0.25, 0.3) is 5.70 Å². The number of aryl methyl sites for hydroxylation is 1. The summed E-state index contributed by atoms with van der Waals surface area (Å²) in [6.45, 7) is 4.11. The molecule has 17 heavy (non-hydrogen) atoms. The maximum absolute atomic E-state index is 5.37. The quantitative estimate of drug-likeness (QED) is 0.870. The Kier molecular flexibility index (Phi) is 3.74. The van der Waals surface area contributed by atoms with Crippen LogP contribution in [-0.4, -0.2) is 23.3 Å². The summed E-state index contributed by atoms with van der Waals surface area (Å²) in [5, 5.41) is 3.39. The van der Waals surface area contributed by atoms with Crippen LogP contribution in [0.4, 0.5) is 0 Å². The minimum atomic E-state index is 0.0865. The molecule has 1 aromatic heterocycles. The summed E-state index contributed by atoms with van der Waals surface area (Å²) in [6, 6.07) is 0. The van der Waals surface area contributed by atoms with Gasteiger partial charge in [-0.05, 0) is 31.8 Å². The van der Waals surface area contributed by atoms with E-state index < -0.39 is 0 Å². The Morgan fingerprint density at radius 2 is 2.24 bits per heavy atom. The lowest BCUT2D eigenvalue weighted by Gasteiger charge is -2.28. The van der Waals surface area contributed by atoms with Gasteiger partial charge in [-0.2, -0.15) is 0 Å². The third-order valence-corrected chi connectivity index (χ3v) is 3.12. The minimum Gasteiger partial charge on any atom is -0.362 e. The van der Waals surface area contributed by atoms with Crippen molar-refractivity contribution in [1.82, 2.24) is 15.3 Å². The average molecular weight is 233 g/mol. The standard InChI is InChI=1S/C13H19N3O/c1-4-10-5-6-12(17-3)16-13(10)11-8-14-9(2)7-15-11/h7-8,12,16H,4-6H2,1-3H3. The molecule has 0 amide bonds. The number of nitrogens with one attached hydrogen (secondary N) is 1. The molecule has 92 valence electrons. The van der Waals surface area contributed by atoms with Gasteiger partial charge in [-0.25, -0.2) is 0 Å². The lowest BCUT2D eigenvalue weighted by molar-refractivity contribution is 0.0771. The van der Waals surface area contributed by atoms with Gasteiger partial charge in [0.1, 0.15) is 11.9 Å². The van der Waals surface area contributed by atoms with E-state index >= 15 is 0 Å². The first-order chi connectivity index (χ1) is 8.24. The Morgan fingerprint density at radius 3 is 2.82 bits per heavy atom. The molecular weight excluding hydrogens is 214 g/mol. The second kappa shape index (κ2) is 5.27. The van der Waals surface area contributed by atoms with Crippen molar-refractivity contribution in [1.29, 1.82) is 0 Å². The van der Waals surface area contributed by atoms with Gasteiger partial charge in [0.15, 0.2) is 0 Å². The van der Waals surface area contributed by atoms with E-state index in [0.29, 0.717) is 0 Å². The molecule has 1 atom stereocenters. The molecule has 0 saturated heterocycles. The highest BCUT2D eigenvalue weighted by Gasteiger charge is 2.20. The van der Waals surface area contributed by atoms with Crippen LogP contribution in [0.2, 0.25) is 0 Å². The molecular formula is C13H19N3O. The molecule has 2 heterocycles. The van der Waals surface area contributed by atoms with Gasteiger partial charge in [-0.15, -0.1) is 0 Å². The van der Waals surface area contributed by atoms with Crippen LogP contribution in [0.3, 0.4) is 0 Å². The van der Waals surface area contributed by atoms with Gasteiger partial charge < -0.3 is 10.1 Å². The number of hydrogen-bond donors (Lipinski definition) is 1. The summed E-state index contributed by atoms with van der Waals surface area (Å²) in [4.78, 5) is 8.73. The van der Waals surface area contributed by atoms with Gasteiger partial charge in [-0.1, -0.05) is 6.92 Å². The van der Waals surface area contributed by atoms with Crippen LogP contribution >= 0.6 is 0 Å². The zero-order chi connectivity index (χ0) is 12.3. The summed E-state index contributed by atoms with van der Waals surface area (Å²) >= 11 is 0. The first kappa shape index (κ1) is 12.0. The van der Waals surface area contributed by atoms with Crippen LogP contribution in [0.1, 0.15) is 37.6 Å². The van der Waals surface area contributed by atoms with Gasteiger partial charge in [0.05, 0.1) is 17.6 Å². The molecule has 0 radical (unpaired) electrons. The monoisotopic (exact) mass is 233 g/mol. The third-order valence-electron chi connectivity index (χ3n) is 3.12. The Labute approximate surface area is 102 Å².